The van der Waals surface area contributed by atoms with E-state index in [0.717, 1.165) is 35.0 Å². The van der Waals surface area contributed by atoms with Gasteiger partial charge in [-0.3, -0.25) is 9.69 Å². The van der Waals surface area contributed by atoms with Gasteiger partial charge in [-0.2, -0.15) is 0 Å². The average Bonchev–Trinajstić information content (AvgIpc) is 3.08. The molecule has 1 N–H and O–H groups in total. The minimum absolute atomic E-state index is 0.0557. The third-order valence-electron chi connectivity index (χ3n) is 5.78. The van der Waals surface area contributed by atoms with Crippen LogP contribution < -0.4 is 5.32 Å². The van der Waals surface area contributed by atoms with Gasteiger partial charge in [0, 0.05) is 11.4 Å². The van der Waals surface area contributed by atoms with E-state index in [4.69, 9.17) is 11.6 Å². The van der Waals surface area contributed by atoms with E-state index in [0.29, 0.717) is 13.2 Å². The van der Waals surface area contributed by atoms with Crippen molar-refractivity contribution in [2.75, 3.05) is 13.2 Å². The van der Waals surface area contributed by atoms with E-state index in [-0.39, 0.29) is 23.8 Å². The molecule has 2 atom stereocenters. The highest BCUT2D eigenvalue weighted by molar-refractivity contribution is 7.16. The molecule has 1 aromatic rings. The maximum atomic E-state index is 13.2. The number of carbonyl (C=O) groups is 2. The van der Waals surface area contributed by atoms with Crippen LogP contribution in [0.5, 0.6) is 0 Å². The summed E-state index contributed by atoms with van der Waals surface area (Å²) in [7, 11) is 0. The Bertz CT molecular complexity index is 653. The third kappa shape index (κ3) is 3.32. The van der Waals surface area contributed by atoms with Crippen molar-refractivity contribution in [1.82, 2.24) is 15.1 Å². The predicted octanol–water partition coefficient (Wildman–Crippen LogP) is 3.93. The topological polar surface area (TPSA) is 52.6 Å². The fraction of sp³-hybridized carbons (Fsp3) is 0.667. The van der Waals surface area contributed by atoms with Gasteiger partial charge in [0.25, 0.3) is 5.91 Å². The molecule has 1 spiro atoms. The summed E-state index contributed by atoms with van der Waals surface area (Å²) in [4.78, 5) is 30.5. The van der Waals surface area contributed by atoms with E-state index in [1.54, 1.807) is 0 Å². The Balaban J connectivity index is 1.75. The first-order chi connectivity index (χ1) is 11.9. The molecule has 0 radical (unpaired) electrons. The first-order valence-corrected chi connectivity index (χ1v) is 10.2. The number of hydrogen-bond donors (Lipinski definition) is 1. The molecule has 1 aromatic heterocycles. The molecule has 0 aromatic carbocycles. The van der Waals surface area contributed by atoms with Crippen LogP contribution in [0.1, 0.15) is 44.9 Å². The lowest BCUT2D eigenvalue weighted by Gasteiger charge is -2.42. The van der Waals surface area contributed by atoms with E-state index in [1.165, 1.54) is 16.2 Å². The largest absolute Gasteiger partial charge is 0.326 e. The Kier molecular flexibility index (Phi) is 5.42. The highest BCUT2D eigenvalue weighted by Gasteiger charge is 2.58. The zero-order valence-electron chi connectivity index (χ0n) is 15.0. The van der Waals surface area contributed by atoms with Gasteiger partial charge in [-0.1, -0.05) is 38.8 Å². The fourth-order valence-corrected chi connectivity index (χ4v) is 5.33. The van der Waals surface area contributed by atoms with Gasteiger partial charge in [-0.25, -0.2) is 9.69 Å². The van der Waals surface area contributed by atoms with Crippen molar-refractivity contribution in [3.8, 4) is 0 Å². The highest BCUT2D eigenvalue weighted by atomic mass is 35.5. The molecule has 0 unspecified atom stereocenters. The molecule has 1 aliphatic heterocycles. The number of nitrogens with zero attached hydrogens (tertiary/aromatic N) is 2. The van der Waals surface area contributed by atoms with Crippen LogP contribution in [-0.4, -0.2) is 40.5 Å². The Morgan fingerprint density at radius 2 is 2.00 bits per heavy atom. The molecular weight excluding hydrogens is 358 g/mol. The van der Waals surface area contributed by atoms with Crippen LogP contribution in [0.3, 0.4) is 0 Å². The van der Waals surface area contributed by atoms with Crippen LogP contribution >= 0.6 is 22.9 Å². The van der Waals surface area contributed by atoms with Gasteiger partial charge in [0.1, 0.15) is 5.54 Å². The second-order valence-corrected chi connectivity index (χ2v) is 9.06. The van der Waals surface area contributed by atoms with Gasteiger partial charge in [-0.15, -0.1) is 11.3 Å². The minimum atomic E-state index is -0.721. The van der Waals surface area contributed by atoms with Gasteiger partial charge in [0.15, 0.2) is 0 Å². The molecule has 3 amide bonds. The van der Waals surface area contributed by atoms with Gasteiger partial charge in [0.05, 0.1) is 11.0 Å². The van der Waals surface area contributed by atoms with Gasteiger partial charge in [-0.05, 0) is 43.4 Å². The molecule has 0 bridgehead atoms. The molecule has 2 heterocycles. The molecule has 25 heavy (non-hydrogen) atoms. The Morgan fingerprint density at radius 1 is 1.32 bits per heavy atom. The van der Waals surface area contributed by atoms with E-state index >= 15 is 0 Å². The van der Waals surface area contributed by atoms with E-state index in [2.05, 4.69) is 24.1 Å². The molecule has 2 aliphatic rings. The molecular formula is C18H26ClN3O2S. The quantitative estimate of drug-likeness (QED) is 0.784. The van der Waals surface area contributed by atoms with Crippen LogP contribution in [0.4, 0.5) is 4.79 Å². The van der Waals surface area contributed by atoms with Crippen LogP contribution in [-0.2, 0) is 11.3 Å². The third-order valence-corrected chi connectivity index (χ3v) is 7.00. The van der Waals surface area contributed by atoms with Crippen LogP contribution in [0, 0.1) is 11.8 Å². The molecule has 138 valence electrons. The second kappa shape index (κ2) is 7.25. The normalized spacial score (nSPS) is 25.9. The second-order valence-electron chi connectivity index (χ2n) is 7.26. The smallest absolute Gasteiger partial charge is 0.323 e. The van der Waals surface area contributed by atoms with Crippen LogP contribution in [0.15, 0.2) is 12.1 Å². The van der Waals surface area contributed by atoms with E-state index in [9.17, 15) is 9.59 Å². The fourth-order valence-electron chi connectivity index (χ4n) is 4.20. The van der Waals surface area contributed by atoms with E-state index < -0.39 is 5.54 Å². The molecule has 1 saturated carbocycles. The summed E-state index contributed by atoms with van der Waals surface area (Å²) in [5, 5.41) is 3.06. The molecule has 1 aliphatic carbocycles. The van der Waals surface area contributed by atoms with Gasteiger partial charge < -0.3 is 5.32 Å². The number of nitrogens with one attached hydrogen (secondary N) is 1. The summed E-state index contributed by atoms with van der Waals surface area (Å²) in [6, 6.07) is 3.62. The van der Waals surface area contributed by atoms with Gasteiger partial charge >= 0.3 is 6.03 Å². The SMILES string of the molecule is CCN(Cc1ccc(Cl)s1)CN1C(=O)NC2(C1=O)[C@H](C)CCC[C@H]2C. The molecule has 7 heteroatoms. The van der Waals surface area contributed by atoms with Crippen molar-refractivity contribution >= 4 is 34.9 Å². The number of halogens is 1. The Hall–Kier alpha value is -1.11. The number of hydrogen-bond acceptors (Lipinski definition) is 4. The number of carbonyl (C=O) groups excluding carboxylic acids is 2. The standard InChI is InChI=1S/C18H26ClN3O2S/c1-4-21(10-14-8-9-15(19)25-14)11-22-16(23)18(20-17(22)24)12(2)6-5-7-13(18)3/h8-9,12-13H,4-7,10-11H2,1-3H3,(H,20,24)/t12-,13-/m1/s1. The summed E-state index contributed by atoms with van der Waals surface area (Å²) in [5.74, 6) is 0.285. The number of amides is 3. The lowest BCUT2D eigenvalue weighted by molar-refractivity contribution is -0.138. The van der Waals surface area contributed by atoms with Crippen molar-refractivity contribution in [2.45, 2.75) is 52.1 Å². The van der Waals surface area contributed by atoms with Crippen molar-refractivity contribution < 1.29 is 9.59 Å². The summed E-state index contributed by atoms with van der Waals surface area (Å²) in [5.41, 5.74) is -0.721. The van der Waals surface area contributed by atoms with Gasteiger partial charge in [0.2, 0.25) is 0 Å². The Labute approximate surface area is 158 Å². The number of imide groups is 1. The Morgan fingerprint density at radius 3 is 2.56 bits per heavy atom. The summed E-state index contributed by atoms with van der Waals surface area (Å²) < 4.78 is 0.754. The maximum Gasteiger partial charge on any atom is 0.326 e. The van der Waals surface area contributed by atoms with Crippen molar-refractivity contribution in [2.24, 2.45) is 11.8 Å². The zero-order chi connectivity index (χ0) is 18.2. The van der Waals surface area contributed by atoms with Crippen LogP contribution in [0.25, 0.3) is 0 Å². The maximum absolute atomic E-state index is 13.2. The summed E-state index contributed by atoms with van der Waals surface area (Å²) in [6.07, 6.45) is 3.08. The number of urea groups is 1. The number of rotatable bonds is 5. The van der Waals surface area contributed by atoms with Crippen molar-refractivity contribution in [1.29, 1.82) is 0 Å². The first kappa shape index (κ1) is 18.7. The van der Waals surface area contributed by atoms with E-state index in [1.807, 2.05) is 19.1 Å². The highest BCUT2D eigenvalue weighted by Crippen LogP contribution is 2.42. The number of thiophene rings is 1. The molecule has 1 saturated heterocycles. The first-order valence-electron chi connectivity index (χ1n) is 8.99. The monoisotopic (exact) mass is 383 g/mol. The lowest BCUT2D eigenvalue weighted by Crippen LogP contribution is -2.59. The van der Waals surface area contributed by atoms with Crippen molar-refractivity contribution in [3.05, 3.63) is 21.3 Å². The molecule has 5 nitrogen and oxygen atoms in total. The summed E-state index contributed by atoms with van der Waals surface area (Å²) >= 11 is 7.54. The summed E-state index contributed by atoms with van der Waals surface area (Å²) in [6.45, 7) is 7.96. The molecule has 3 rings (SSSR count). The lowest BCUT2D eigenvalue weighted by atomic mass is 9.67. The zero-order valence-corrected chi connectivity index (χ0v) is 16.6. The molecule has 2 fully saturated rings. The van der Waals surface area contributed by atoms with Crippen LogP contribution in [0.2, 0.25) is 4.34 Å². The average molecular weight is 384 g/mol. The minimum Gasteiger partial charge on any atom is -0.323 e. The van der Waals surface area contributed by atoms with Crippen molar-refractivity contribution in [3.63, 3.8) is 0 Å². The predicted molar refractivity (Wildman–Crippen MR) is 101 cm³/mol.